The minimum Gasteiger partial charge on any atom is -0.486 e. The van der Waals surface area contributed by atoms with Gasteiger partial charge in [-0.15, -0.1) is 0 Å². The highest BCUT2D eigenvalue weighted by atomic mass is 16.5. The van der Waals surface area contributed by atoms with E-state index >= 15 is 0 Å². The summed E-state index contributed by atoms with van der Waals surface area (Å²) in [5, 5.41) is 0. The molecule has 0 aromatic rings. The first-order chi connectivity index (χ1) is 32.7. The molecule has 0 bridgehead atoms. The number of rotatable bonds is 13. The molecule has 440 valence electrons. The van der Waals surface area contributed by atoms with E-state index < -0.39 is 0 Å². The van der Waals surface area contributed by atoms with Crippen molar-refractivity contribution in [2.45, 2.75) is 277 Å². The molecule has 4 atom stereocenters. The van der Waals surface area contributed by atoms with Crippen molar-refractivity contribution in [2.75, 3.05) is 13.2 Å². The van der Waals surface area contributed by atoms with Crippen LogP contribution in [0.1, 0.15) is 223 Å². The van der Waals surface area contributed by atoms with E-state index in [2.05, 4.69) is 213 Å². The van der Waals surface area contributed by atoms with Crippen LogP contribution in [0, 0.1) is 47.3 Å². The SMILES string of the molecule is C.C.C.C.CC(C)/C=C1/C(=O)N(C(C)C)C(C(C)C)CN1C(C)C.CC(C)/C=C1\C=CC(C(C)C)N(C(C)C)C1=O.CC(C)/C=C1\CCC(C(C)C)N(C(C)C)C1=O.CC(C)/C=C1\OCC(C(C)C)N(C(C)C)C1=O. The third kappa shape index (κ3) is 23.0. The van der Waals surface area contributed by atoms with Gasteiger partial charge in [0.05, 0.1) is 23.8 Å². The number of ether oxygens (including phenoxy) is 1. The number of morpholine rings is 1. The number of nitrogens with zero attached hydrogens (tertiary/aromatic N) is 5. The molecule has 4 aliphatic heterocycles. The van der Waals surface area contributed by atoms with Gasteiger partial charge in [0.1, 0.15) is 6.61 Å². The second kappa shape index (κ2) is 35.6. The van der Waals surface area contributed by atoms with Crippen LogP contribution in [0.3, 0.4) is 0 Å². The van der Waals surface area contributed by atoms with Crippen molar-refractivity contribution in [3.8, 4) is 0 Å². The van der Waals surface area contributed by atoms with Gasteiger partial charge in [0.25, 0.3) is 17.7 Å². The van der Waals surface area contributed by atoms with Crippen LogP contribution < -0.4 is 0 Å². The summed E-state index contributed by atoms with van der Waals surface area (Å²) < 4.78 is 5.63. The van der Waals surface area contributed by atoms with Crippen molar-refractivity contribution < 1.29 is 23.9 Å². The van der Waals surface area contributed by atoms with Crippen molar-refractivity contribution in [3.63, 3.8) is 0 Å². The third-order valence-corrected chi connectivity index (χ3v) is 13.4. The Morgan fingerprint density at radius 3 is 1.23 bits per heavy atom. The molecule has 75 heavy (non-hydrogen) atoms. The van der Waals surface area contributed by atoms with Gasteiger partial charge in [-0.2, -0.15) is 0 Å². The lowest BCUT2D eigenvalue weighted by Gasteiger charge is -2.48. The van der Waals surface area contributed by atoms with Gasteiger partial charge in [-0.25, -0.2) is 0 Å². The normalized spacial score (nSPS) is 22.5. The fourth-order valence-corrected chi connectivity index (χ4v) is 10.0. The Balaban J connectivity index is -0.000000441. The quantitative estimate of drug-likeness (QED) is 0.171. The second-order valence-electron chi connectivity index (χ2n) is 24.7. The number of hydrogen-bond acceptors (Lipinski definition) is 6. The van der Waals surface area contributed by atoms with E-state index in [4.69, 9.17) is 4.74 Å². The average Bonchev–Trinajstić information content (AvgIpc) is 3.22. The maximum atomic E-state index is 12.9. The molecular formula is C65H125N5O5. The van der Waals surface area contributed by atoms with Gasteiger partial charge in [0.2, 0.25) is 5.91 Å². The minimum absolute atomic E-state index is 0. The lowest BCUT2D eigenvalue weighted by molar-refractivity contribution is -0.144. The monoisotopic (exact) mass is 1060 g/mol. The molecule has 4 heterocycles. The molecule has 0 saturated carbocycles. The largest absolute Gasteiger partial charge is 0.486 e. The van der Waals surface area contributed by atoms with Gasteiger partial charge >= 0.3 is 0 Å². The van der Waals surface area contributed by atoms with Gasteiger partial charge in [-0.3, -0.25) is 19.2 Å². The zero-order chi connectivity index (χ0) is 55.1. The highest BCUT2D eigenvalue weighted by Crippen LogP contribution is 2.32. The van der Waals surface area contributed by atoms with Crippen molar-refractivity contribution in [3.05, 3.63) is 59.1 Å². The molecule has 3 saturated heterocycles. The topological polar surface area (TPSA) is 93.7 Å². The first-order valence-electron chi connectivity index (χ1n) is 27.9. The Morgan fingerprint density at radius 1 is 0.440 bits per heavy atom. The Morgan fingerprint density at radius 2 is 0.853 bits per heavy atom. The van der Waals surface area contributed by atoms with Crippen LogP contribution in [0.15, 0.2) is 59.1 Å². The van der Waals surface area contributed by atoms with Crippen molar-refractivity contribution >= 4 is 23.6 Å². The standard InChI is InChI=1S/C17H32N2O.C15H27NO.C15H25NO.C14H25NO2.4CH4/c1-11(2)9-15-17(20)19(14(7)8)16(12(3)4)10-18(15)13(5)6;2*1-10(2)9-13-7-8-14(11(3)4)16(12(5)6)15(13)17;1-9(2)7-13-14(16)15(11(5)6)12(8-17-13)10(3)4;;;;/h9,11-14,16H,10H2,1-8H3;9-12,14H,7-8H2,1-6H3;7-12,14H,1-6H3;7,9-12H,8H2,1-6H3;4*1H4/b15-9-;2*13-9+;13-7-;;;;. The molecule has 0 aromatic carbocycles. The Labute approximate surface area is 466 Å². The Hall–Kier alpha value is -3.82. The van der Waals surface area contributed by atoms with E-state index in [1.165, 1.54) is 0 Å². The summed E-state index contributed by atoms with van der Waals surface area (Å²) in [5.41, 5.74) is 2.75. The van der Waals surface area contributed by atoms with Crippen LogP contribution in [0.4, 0.5) is 0 Å². The van der Waals surface area contributed by atoms with Crippen molar-refractivity contribution in [1.82, 2.24) is 24.5 Å². The zero-order valence-electron chi connectivity index (χ0n) is 50.4. The van der Waals surface area contributed by atoms with Gasteiger partial charge in [0.15, 0.2) is 5.76 Å². The smallest absolute Gasteiger partial charge is 0.289 e. The summed E-state index contributed by atoms with van der Waals surface area (Å²) in [6.07, 6.45) is 14.4. The molecular weight excluding hydrogens is 931 g/mol. The van der Waals surface area contributed by atoms with Gasteiger partial charge in [0, 0.05) is 53.9 Å². The summed E-state index contributed by atoms with van der Waals surface area (Å²) in [5.74, 6) is 4.68. The van der Waals surface area contributed by atoms with E-state index in [0.717, 1.165) is 36.2 Å². The molecule has 10 heteroatoms. The number of carbonyl (C=O) groups is 4. The molecule has 0 aromatic heterocycles. The summed E-state index contributed by atoms with van der Waals surface area (Å²) in [6.45, 7) is 56.9. The van der Waals surface area contributed by atoms with Gasteiger partial charge < -0.3 is 29.2 Å². The number of amides is 4. The molecule has 4 aliphatic rings. The van der Waals surface area contributed by atoms with Crippen molar-refractivity contribution in [2.24, 2.45) is 47.3 Å². The molecule has 4 amide bonds. The first kappa shape index (κ1) is 77.7. The number of hydrogen-bond donors (Lipinski definition) is 0. The summed E-state index contributed by atoms with van der Waals surface area (Å²) >= 11 is 0. The maximum absolute atomic E-state index is 12.9. The van der Waals surface area contributed by atoms with Crippen LogP contribution in [0.2, 0.25) is 0 Å². The number of allylic oxidation sites excluding steroid dienone is 4. The molecule has 0 N–H and O–H groups in total. The van der Waals surface area contributed by atoms with E-state index in [9.17, 15) is 19.2 Å². The summed E-state index contributed by atoms with van der Waals surface area (Å²) in [4.78, 5) is 60.6. The third-order valence-electron chi connectivity index (χ3n) is 13.4. The fourth-order valence-electron chi connectivity index (χ4n) is 10.0. The predicted octanol–water partition coefficient (Wildman–Crippen LogP) is 15.9. The van der Waals surface area contributed by atoms with Crippen molar-refractivity contribution in [1.29, 1.82) is 0 Å². The van der Waals surface area contributed by atoms with E-state index in [1.54, 1.807) is 0 Å². The number of piperidine rings is 1. The number of likely N-dealkylation sites (tertiary alicyclic amines) is 1. The van der Waals surface area contributed by atoms with Crippen LogP contribution in [-0.2, 0) is 23.9 Å². The maximum Gasteiger partial charge on any atom is 0.289 e. The van der Waals surface area contributed by atoms with E-state index in [0.29, 0.717) is 83.9 Å². The molecule has 0 radical (unpaired) electrons. The summed E-state index contributed by atoms with van der Waals surface area (Å²) in [7, 11) is 0. The molecule has 0 spiro atoms. The van der Waals surface area contributed by atoms with Gasteiger partial charge in [-0.05, 0) is 135 Å². The zero-order valence-corrected chi connectivity index (χ0v) is 50.4. The van der Waals surface area contributed by atoms with Crippen LogP contribution in [0.25, 0.3) is 0 Å². The van der Waals surface area contributed by atoms with E-state index in [1.807, 2.05) is 28.0 Å². The lowest BCUT2D eigenvalue weighted by Crippen LogP contribution is -2.60. The average molecular weight is 1060 g/mol. The molecule has 0 aliphatic carbocycles. The van der Waals surface area contributed by atoms with Crippen LogP contribution in [0.5, 0.6) is 0 Å². The fraction of sp³-hybridized carbons (Fsp3) is 0.785. The second-order valence-corrected chi connectivity index (χ2v) is 24.7. The number of piperazine rings is 1. The molecule has 4 rings (SSSR count). The molecule has 4 unspecified atom stereocenters. The number of carbonyl (C=O) groups excluding carboxylic acids is 4. The molecule has 3 fully saturated rings. The first-order valence-corrected chi connectivity index (χ1v) is 27.9. The molecule has 10 nitrogen and oxygen atoms in total. The highest BCUT2D eigenvalue weighted by Gasteiger charge is 2.40. The minimum atomic E-state index is 0. The lowest BCUT2D eigenvalue weighted by atomic mass is 9.87. The Kier molecular flexibility index (Phi) is 36.8. The summed E-state index contributed by atoms with van der Waals surface area (Å²) in [6, 6.07) is 2.49. The van der Waals surface area contributed by atoms with Crippen LogP contribution >= 0.6 is 0 Å². The van der Waals surface area contributed by atoms with E-state index in [-0.39, 0.29) is 83.5 Å². The van der Waals surface area contributed by atoms with Gasteiger partial charge in [-0.1, -0.05) is 171 Å². The van der Waals surface area contributed by atoms with Crippen LogP contribution in [-0.4, -0.2) is 116 Å². The highest BCUT2D eigenvalue weighted by molar-refractivity contribution is 5.98. The Bertz CT molecular complexity index is 1780. The predicted molar refractivity (Wildman–Crippen MR) is 327 cm³/mol.